The summed E-state index contributed by atoms with van der Waals surface area (Å²) in [6.07, 6.45) is 8.71. The number of aryl methyl sites for hydroxylation is 4. The van der Waals surface area contributed by atoms with Crippen molar-refractivity contribution in [3.8, 4) is 0 Å². The van der Waals surface area contributed by atoms with Crippen molar-refractivity contribution < 1.29 is 29.7 Å². The summed E-state index contributed by atoms with van der Waals surface area (Å²) < 4.78 is 3.93. The second-order valence-corrected chi connectivity index (χ2v) is 7.06. The van der Waals surface area contributed by atoms with Crippen LogP contribution < -0.4 is 12.4 Å². The summed E-state index contributed by atoms with van der Waals surface area (Å²) in [6, 6.07) is 4.15. The maximum atomic E-state index is 4.57. The van der Waals surface area contributed by atoms with Crippen LogP contribution in [0.15, 0.2) is 12.1 Å². The number of nitrogens with zero attached hydrogens (tertiary/aromatic N) is 4. The monoisotopic (exact) mass is 510 g/mol. The Labute approximate surface area is 191 Å². The zero-order chi connectivity index (χ0) is 20.6. The molecule has 0 atom stereocenters. The predicted molar refractivity (Wildman–Crippen MR) is 109 cm³/mol. The van der Waals surface area contributed by atoms with Gasteiger partial charge in [0.1, 0.15) is 6.67 Å². The molecule has 1 aliphatic rings. The Hall–Kier alpha value is -0.377. The SMILES string of the molecule is C[C]1[CH][CH][C](C(C)C)[CH][CH]1.Cc1cc(C)n(Cn2nc(C)cc2C)n1.[Cl-].[Cl][Ru+]. The van der Waals surface area contributed by atoms with Crippen LogP contribution in [0.3, 0.4) is 0 Å². The van der Waals surface area contributed by atoms with Gasteiger partial charge in [0.05, 0.1) is 11.4 Å². The Morgan fingerprint density at radius 2 is 1.21 bits per heavy atom. The van der Waals surface area contributed by atoms with Gasteiger partial charge in [0.2, 0.25) is 0 Å². The Kier molecular flexibility index (Phi) is 13.6. The van der Waals surface area contributed by atoms with Crippen LogP contribution in [0, 0.1) is 71.1 Å². The second kappa shape index (κ2) is 13.8. The second-order valence-electron chi connectivity index (χ2n) is 7.06. The molecule has 0 spiro atoms. The van der Waals surface area contributed by atoms with Crippen LogP contribution in [0.1, 0.15) is 43.5 Å². The van der Waals surface area contributed by atoms with E-state index >= 15 is 0 Å². The van der Waals surface area contributed by atoms with Crippen molar-refractivity contribution in [2.24, 2.45) is 5.92 Å². The summed E-state index contributed by atoms with van der Waals surface area (Å²) in [4.78, 5) is 0. The molecule has 2 aromatic rings. The molecular weight excluding hydrogens is 480 g/mol. The first-order valence-electron chi connectivity index (χ1n) is 8.98. The van der Waals surface area contributed by atoms with Crippen LogP contribution in [0.4, 0.5) is 0 Å². The first-order valence-corrected chi connectivity index (χ1v) is 11.2. The molecule has 2 aromatic heterocycles. The van der Waals surface area contributed by atoms with Gasteiger partial charge in [-0.1, -0.05) is 20.8 Å². The van der Waals surface area contributed by atoms with E-state index in [-0.39, 0.29) is 12.4 Å². The Balaban J connectivity index is 0.000000493. The summed E-state index contributed by atoms with van der Waals surface area (Å²) in [7, 11) is 4.57. The molecule has 1 fully saturated rings. The van der Waals surface area contributed by atoms with Crippen molar-refractivity contribution in [3.05, 3.63) is 72.4 Å². The van der Waals surface area contributed by atoms with Gasteiger partial charge in [-0.3, -0.25) is 0 Å². The first-order chi connectivity index (χ1) is 12.8. The van der Waals surface area contributed by atoms with Crippen molar-refractivity contribution in [1.29, 1.82) is 0 Å². The van der Waals surface area contributed by atoms with Crippen LogP contribution in [0.2, 0.25) is 0 Å². The van der Waals surface area contributed by atoms with Crippen LogP contribution >= 0.6 is 9.69 Å². The average molecular weight is 510 g/mol. The van der Waals surface area contributed by atoms with Gasteiger partial charge in [-0.15, -0.1) is 0 Å². The molecule has 0 aliphatic heterocycles. The minimum atomic E-state index is 0. The van der Waals surface area contributed by atoms with Gasteiger partial charge in [-0.25, -0.2) is 9.36 Å². The van der Waals surface area contributed by atoms with Gasteiger partial charge in [-0.2, -0.15) is 10.2 Å². The molecule has 0 bridgehead atoms. The number of aromatic nitrogens is 4. The van der Waals surface area contributed by atoms with Crippen molar-refractivity contribution in [3.63, 3.8) is 0 Å². The van der Waals surface area contributed by atoms with Crippen LogP contribution in [0.5, 0.6) is 0 Å². The average Bonchev–Trinajstić information content (AvgIpc) is 3.11. The van der Waals surface area contributed by atoms with Gasteiger partial charge in [-0.05, 0) is 83.3 Å². The zero-order valence-corrected chi connectivity index (χ0v) is 20.9. The fourth-order valence-electron chi connectivity index (χ4n) is 2.71. The van der Waals surface area contributed by atoms with E-state index in [0.717, 1.165) is 11.4 Å². The Morgan fingerprint density at radius 3 is 1.50 bits per heavy atom. The molecular formula is C21H30Cl2N4Ru. The molecule has 1 aliphatic carbocycles. The summed E-state index contributed by atoms with van der Waals surface area (Å²) in [5.41, 5.74) is 4.43. The van der Waals surface area contributed by atoms with E-state index in [1.165, 1.54) is 23.2 Å². The van der Waals surface area contributed by atoms with Gasteiger partial charge in [0.15, 0.2) is 0 Å². The first kappa shape index (κ1) is 27.6. The molecule has 0 N–H and O–H groups in total. The van der Waals surface area contributed by atoms with Crippen molar-refractivity contribution in [2.75, 3.05) is 0 Å². The molecule has 156 valence electrons. The summed E-state index contributed by atoms with van der Waals surface area (Å²) in [5, 5.41) is 8.82. The molecule has 0 amide bonds. The standard InChI is InChI=1S/C11H16N4.C10H14.2ClH.Ru/c1-8-5-10(3)14(12-8)7-15-11(4)6-9(2)13-15;1-8(2)10-6-4-9(3)5-7-10;;;/h5-6H,7H2,1-4H3;4-8H,1-3H3;2*1H;/q;;;;+2/p-2. The molecule has 4 nitrogen and oxygen atoms in total. The third kappa shape index (κ3) is 8.97. The third-order valence-electron chi connectivity index (χ3n) is 4.22. The van der Waals surface area contributed by atoms with Gasteiger partial charge >= 0.3 is 27.0 Å². The maximum absolute atomic E-state index is 4.57. The van der Waals surface area contributed by atoms with Crippen LogP contribution in [-0.2, 0) is 24.0 Å². The van der Waals surface area contributed by atoms with Crippen LogP contribution in [0.25, 0.3) is 0 Å². The Bertz CT molecular complexity index is 630. The van der Waals surface area contributed by atoms with Crippen molar-refractivity contribution >= 4 is 9.69 Å². The van der Waals surface area contributed by atoms with E-state index < -0.39 is 0 Å². The molecule has 0 aromatic carbocycles. The zero-order valence-electron chi connectivity index (χ0n) is 17.6. The van der Waals surface area contributed by atoms with E-state index in [1.54, 1.807) is 0 Å². The number of rotatable bonds is 3. The van der Waals surface area contributed by atoms with Gasteiger partial charge in [0.25, 0.3) is 0 Å². The van der Waals surface area contributed by atoms with E-state index in [1.807, 2.05) is 40.5 Å². The number of hydrogen-bond donors (Lipinski definition) is 0. The van der Waals surface area contributed by atoms with E-state index in [0.29, 0.717) is 12.6 Å². The van der Waals surface area contributed by atoms with E-state index in [9.17, 15) is 0 Å². The molecule has 1 saturated carbocycles. The molecule has 0 saturated heterocycles. The number of hydrogen-bond acceptors (Lipinski definition) is 2. The molecule has 7 heteroatoms. The summed E-state index contributed by atoms with van der Waals surface area (Å²) in [5.74, 6) is 3.41. The van der Waals surface area contributed by atoms with Crippen LogP contribution in [-0.4, -0.2) is 19.6 Å². The van der Waals surface area contributed by atoms with Crippen molar-refractivity contribution in [2.45, 2.75) is 55.1 Å². The fraction of sp³-hybridized carbons (Fsp3) is 0.429. The topological polar surface area (TPSA) is 35.6 Å². The predicted octanol–water partition coefficient (Wildman–Crippen LogP) is 2.15. The normalized spacial score (nSPS) is 14.6. The van der Waals surface area contributed by atoms with Crippen molar-refractivity contribution in [1.82, 2.24) is 19.6 Å². The minimum absolute atomic E-state index is 0. The third-order valence-corrected chi connectivity index (χ3v) is 4.22. The summed E-state index contributed by atoms with van der Waals surface area (Å²) >= 11 is 1.82. The van der Waals surface area contributed by atoms with Gasteiger partial charge < -0.3 is 12.4 Å². The fourth-order valence-corrected chi connectivity index (χ4v) is 2.71. The quantitative estimate of drug-likeness (QED) is 0.594. The van der Waals surface area contributed by atoms with E-state index in [2.05, 4.69) is 92.3 Å². The van der Waals surface area contributed by atoms with E-state index in [4.69, 9.17) is 0 Å². The number of halogens is 2. The molecule has 0 unspecified atom stereocenters. The molecule has 3 rings (SSSR count). The molecule has 6 radical (unpaired) electrons. The molecule has 2 heterocycles. The van der Waals surface area contributed by atoms with Gasteiger partial charge in [0, 0.05) is 11.4 Å². The Morgan fingerprint density at radius 1 is 0.821 bits per heavy atom. The molecule has 28 heavy (non-hydrogen) atoms. The summed E-state index contributed by atoms with van der Waals surface area (Å²) in [6.45, 7) is 15.4.